The van der Waals surface area contributed by atoms with Crippen molar-refractivity contribution >= 4 is 27.4 Å². The van der Waals surface area contributed by atoms with Crippen LogP contribution in [0.4, 0.5) is 0 Å². The van der Waals surface area contributed by atoms with E-state index < -0.39 is 8.56 Å². The Bertz CT molecular complexity index is 27.0. The van der Waals surface area contributed by atoms with E-state index in [1.807, 2.05) is 0 Å². The number of hydrogen-bond donors (Lipinski definition) is 2. The molecule has 0 saturated carbocycles. The van der Waals surface area contributed by atoms with Gasteiger partial charge < -0.3 is 9.59 Å². The fourth-order valence-corrected chi connectivity index (χ4v) is 0. The summed E-state index contributed by atoms with van der Waals surface area (Å²) in [5.74, 6) is 0. The molecule has 0 rings (SSSR count). The Balaban J connectivity index is 0. The van der Waals surface area contributed by atoms with Crippen LogP contribution < -0.4 is 0 Å². The molecule has 0 atom stereocenters. The first-order valence-corrected chi connectivity index (χ1v) is 4.34. The molecule has 0 heterocycles. The topological polar surface area (TPSA) is 40.5 Å². The van der Waals surface area contributed by atoms with Crippen LogP contribution in [0, 0.1) is 0 Å². The van der Waals surface area contributed by atoms with E-state index in [2.05, 4.69) is 0 Å². The molecule has 0 saturated heterocycles. The van der Waals surface area contributed by atoms with Crippen LogP contribution in [0.15, 0.2) is 0 Å². The van der Waals surface area contributed by atoms with Crippen molar-refractivity contribution in [1.82, 2.24) is 0 Å². The standard InChI is InChI=1S/C2H8O2Si.Li.H/c1-5(2,3)4;;/h3-4H,1-2H3;;. The SMILES string of the molecule is C[Si](C)(O)O.[LiH]. The summed E-state index contributed by atoms with van der Waals surface area (Å²) in [5.41, 5.74) is 0. The van der Waals surface area contributed by atoms with Crippen LogP contribution in [0.3, 0.4) is 0 Å². The van der Waals surface area contributed by atoms with Crippen molar-refractivity contribution in [3.05, 3.63) is 0 Å². The van der Waals surface area contributed by atoms with Crippen molar-refractivity contribution in [3.8, 4) is 0 Å². The van der Waals surface area contributed by atoms with E-state index in [0.29, 0.717) is 0 Å². The minimum absolute atomic E-state index is 0. The summed E-state index contributed by atoms with van der Waals surface area (Å²) in [7, 11) is -2.61. The van der Waals surface area contributed by atoms with Gasteiger partial charge in [0.05, 0.1) is 0 Å². The van der Waals surface area contributed by atoms with Crippen LogP contribution >= 0.6 is 0 Å². The predicted molar refractivity (Wildman–Crippen MR) is 29.1 cm³/mol. The van der Waals surface area contributed by atoms with Crippen molar-refractivity contribution in [1.29, 1.82) is 0 Å². The van der Waals surface area contributed by atoms with Crippen molar-refractivity contribution in [2.45, 2.75) is 13.1 Å². The second kappa shape index (κ2) is 2.83. The molecule has 0 aliphatic heterocycles. The molecule has 6 heavy (non-hydrogen) atoms. The molecule has 34 valence electrons. The van der Waals surface area contributed by atoms with Gasteiger partial charge in [-0.25, -0.2) is 0 Å². The molecule has 0 aromatic rings. The van der Waals surface area contributed by atoms with Crippen molar-refractivity contribution in [2.75, 3.05) is 0 Å². The molecule has 0 spiro atoms. The first kappa shape index (κ1) is 9.88. The predicted octanol–water partition coefficient (Wildman–Crippen LogP) is -0.976. The van der Waals surface area contributed by atoms with E-state index in [9.17, 15) is 0 Å². The molecule has 0 unspecified atom stereocenters. The Labute approximate surface area is 50.6 Å². The van der Waals surface area contributed by atoms with E-state index in [1.54, 1.807) is 0 Å². The van der Waals surface area contributed by atoms with Crippen LogP contribution in [-0.2, 0) is 0 Å². The summed E-state index contributed by atoms with van der Waals surface area (Å²) >= 11 is 0. The van der Waals surface area contributed by atoms with Crippen molar-refractivity contribution in [3.63, 3.8) is 0 Å². The van der Waals surface area contributed by atoms with E-state index >= 15 is 0 Å². The summed E-state index contributed by atoms with van der Waals surface area (Å²) in [6.07, 6.45) is 0. The Hall–Kier alpha value is 0.734. The molecular weight excluding hydrogens is 91.0 g/mol. The van der Waals surface area contributed by atoms with E-state index in [1.165, 1.54) is 13.1 Å². The summed E-state index contributed by atoms with van der Waals surface area (Å²) in [4.78, 5) is 16.4. The second-order valence-electron chi connectivity index (χ2n) is 1.49. The normalized spacial score (nSPS) is 10.0. The first-order chi connectivity index (χ1) is 2.00. The third kappa shape index (κ3) is 122. The van der Waals surface area contributed by atoms with Crippen LogP contribution in [0.5, 0.6) is 0 Å². The van der Waals surface area contributed by atoms with Gasteiger partial charge in [-0.2, -0.15) is 0 Å². The third-order valence-electron chi connectivity index (χ3n) is 0. The summed E-state index contributed by atoms with van der Waals surface area (Å²) in [6, 6.07) is 0. The van der Waals surface area contributed by atoms with Gasteiger partial charge in [0, 0.05) is 0 Å². The Morgan fingerprint density at radius 1 is 1.17 bits per heavy atom. The zero-order chi connectivity index (χ0) is 4.50. The number of hydrogen-bond acceptors (Lipinski definition) is 2. The van der Waals surface area contributed by atoms with Gasteiger partial charge in [-0.05, 0) is 13.1 Å². The van der Waals surface area contributed by atoms with Gasteiger partial charge in [-0.3, -0.25) is 0 Å². The Morgan fingerprint density at radius 3 is 1.17 bits per heavy atom. The van der Waals surface area contributed by atoms with Gasteiger partial charge in [0.25, 0.3) is 0 Å². The van der Waals surface area contributed by atoms with Crippen LogP contribution in [0.1, 0.15) is 0 Å². The number of rotatable bonds is 0. The van der Waals surface area contributed by atoms with Gasteiger partial charge in [0.15, 0.2) is 0 Å². The fraction of sp³-hybridized carbons (Fsp3) is 1.00. The molecule has 0 bridgehead atoms. The Kier molecular flexibility index (Phi) is 4.67. The molecule has 0 aliphatic carbocycles. The van der Waals surface area contributed by atoms with Crippen molar-refractivity contribution in [2.24, 2.45) is 0 Å². The average Bonchev–Trinajstić information content (AvgIpc) is 0.722. The zero-order valence-corrected chi connectivity index (χ0v) is 4.39. The summed E-state index contributed by atoms with van der Waals surface area (Å²) < 4.78 is 0. The van der Waals surface area contributed by atoms with E-state index in [4.69, 9.17) is 9.59 Å². The molecule has 2 nitrogen and oxygen atoms in total. The van der Waals surface area contributed by atoms with Crippen LogP contribution in [0.2, 0.25) is 13.1 Å². The molecule has 4 heteroatoms. The van der Waals surface area contributed by atoms with Crippen LogP contribution in [0.25, 0.3) is 0 Å². The molecule has 0 aliphatic rings. The van der Waals surface area contributed by atoms with Gasteiger partial charge in [0.1, 0.15) is 0 Å². The third-order valence-corrected chi connectivity index (χ3v) is 0. The second-order valence-corrected chi connectivity index (χ2v) is 4.48. The average molecular weight is 100 g/mol. The Morgan fingerprint density at radius 2 is 1.17 bits per heavy atom. The fourth-order valence-electron chi connectivity index (χ4n) is 0. The first-order valence-electron chi connectivity index (χ1n) is 1.45. The van der Waals surface area contributed by atoms with E-state index in [0.717, 1.165) is 0 Å². The van der Waals surface area contributed by atoms with E-state index in [-0.39, 0.29) is 18.9 Å². The van der Waals surface area contributed by atoms with Gasteiger partial charge in [-0.1, -0.05) is 0 Å². The molecule has 0 aromatic heterocycles. The molecule has 0 amide bonds. The summed E-state index contributed by atoms with van der Waals surface area (Å²) in [6.45, 7) is 2.88. The maximum absolute atomic E-state index is 8.22. The maximum atomic E-state index is 8.22. The van der Waals surface area contributed by atoms with Crippen LogP contribution in [-0.4, -0.2) is 37.0 Å². The van der Waals surface area contributed by atoms with Gasteiger partial charge in [-0.15, -0.1) is 0 Å². The van der Waals surface area contributed by atoms with Gasteiger partial charge in [0.2, 0.25) is 0 Å². The molecule has 0 radical (unpaired) electrons. The minimum atomic E-state index is -2.61. The molecule has 2 N–H and O–H groups in total. The zero-order valence-electron chi connectivity index (χ0n) is 3.39. The monoisotopic (exact) mass is 100 g/mol. The quantitative estimate of drug-likeness (QED) is 0.384. The molecular formula is C2H9LiO2Si. The molecule has 0 fully saturated rings. The van der Waals surface area contributed by atoms with Crippen molar-refractivity contribution < 1.29 is 9.59 Å². The summed E-state index contributed by atoms with van der Waals surface area (Å²) in [5, 5.41) is 0. The van der Waals surface area contributed by atoms with Gasteiger partial charge >= 0.3 is 27.4 Å². The molecule has 0 aromatic carbocycles.